The summed E-state index contributed by atoms with van der Waals surface area (Å²) in [5.41, 5.74) is -0.170. The predicted octanol–water partition coefficient (Wildman–Crippen LogP) is 3.72. The number of nitrogens with zero attached hydrogens (tertiary/aromatic N) is 3. The van der Waals surface area contributed by atoms with E-state index < -0.39 is 11.7 Å². The fraction of sp³-hybridized carbons (Fsp3) is 0.375. The second-order valence-corrected chi connectivity index (χ2v) is 5.52. The van der Waals surface area contributed by atoms with Gasteiger partial charge in [0.05, 0.1) is 29.4 Å². The van der Waals surface area contributed by atoms with Gasteiger partial charge in [0.2, 0.25) is 0 Å². The number of halogens is 3. The van der Waals surface area contributed by atoms with Crippen LogP contribution < -0.4 is 5.32 Å². The summed E-state index contributed by atoms with van der Waals surface area (Å²) in [5, 5.41) is 11.7. The third kappa shape index (κ3) is 3.31. The molecule has 1 aromatic carbocycles. The van der Waals surface area contributed by atoms with Crippen molar-refractivity contribution in [2.45, 2.75) is 38.5 Å². The number of anilines is 1. The van der Waals surface area contributed by atoms with Gasteiger partial charge in [-0.15, -0.1) is 0 Å². The van der Waals surface area contributed by atoms with Crippen LogP contribution in [0.5, 0.6) is 0 Å². The van der Waals surface area contributed by atoms with E-state index in [0.717, 1.165) is 43.4 Å². The number of hydrogen-bond donors (Lipinski definition) is 1. The second kappa shape index (κ2) is 5.95. The maximum atomic E-state index is 12.9. The quantitative estimate of drug-likeness (QED) is 0.937. The molecule has 3 rings (SSSR count). The molecule has 1 aliphatic rings. The van der Waals surface area contributed by atoms with Crippen LogP contribution in [0.25, 0.3) is 0 Å². The Hall–Kier alpha value is -2.49. The summed E-state index contributed by atoms with van der Waals surface area (Å²) in [5.74, 6) is 1.03. The first-order valence-corrected chi connectivity index (χ1v) is 7.37. The van der Waals surface area contributed by atoms with E-state index in [-0.39, 0.29) is 5.56 Å². The zero-order valence-electron chi connectivity index (χ0n) is 12.3. The van der Waals surface area contributed by atoms with Gasteiger partial charge in [-0.25, -0.2) is 4.98 Å². The Labute approximate surface area is 131 Å². The van der Waals surface area contributed by atoms with Crippen molar-refractivity contribution < 1.29 is 13.2 Å². The number of alkyl halides is 3. The Bertz CT molecular complexity index is 732. The fourth-order valence-corrected chi connectivity index (χ4v) is 2.74. The van der Waals surface area contributed by atoms with Crippen LogP contribution in [0.3, 0.4) is 0 Å². The minimum Gasteiger partial charge on any atom is -0.379 e. The molecule has 4 nitrogen and oxygen atoms in total. The number of nitriles is 1. The molecular weight excluding hydrogens is 305 g/mol. The molecule has 23 heavy (non-hydrogen) atoms. The molecule has 0 amide bonds. The van der Waals surface area contributed by atoms with Gasteiger partial charge in [0.15, 0.2) is 0 Å². The van der Waals surface area contributed by atoms with Crippen molar-refractivity contribution in [2.75, 3.05) is 5.32 Å². The predicted molar refractivity (Wildman–Crippen MR) is 78.7 cm³/mol. The van der Waals surface area contributed by atoms with Crippen molar-refractivity contribution in [3.63, 3.8) is 0 Å². The van der Waals surface area contributed by atoms with Gasteiger partial charge in [0.25, 0.3) is 0 Å². The van der Waals surface area contributed by atoms with E-state index in [2.05, 4.69) is 14.9 Å². The van der Waals surface area contributed by atoms with Crippen LogP contribution in [0, 0.1) is 11.3 Å². The first-order chi connectivity index (χ1) is 11.0. The highest BCUT2D eigenvalue weighted by atomic mass is 19.4. The Morgan fingerprint density at radius 2 is 2.13 bits per heavy atom. The highest BCUT2D eigenvalue weighted by molar-refractivity contribution is 5.53. The molecule has 2 aromatic rings. The van der Waals surface area contributed by atoms with Crippen LogP contribution in [0.2, 0.25) is 0 Å². The summed E-state index contributed by atoms with van der Waals surface area (Å²) in [6.07, 6.45) is 0.580. The Morgan fingerprint density at radius 1 is 1.30 bits per heavy atom. The molecule has 0 atom stereocenters. The molecule has 7 heteroatoms. The third-order valence-electron chi connectivity index (χ3n) is 3.88. The van der Waals surface area contributed by atoms with Gasteiger partial charge in [-0.3, -0.25) is 0 Å². The van der Waals surface area contributed by atoms with E-state index in [0.29, 0.717) is 12.2 Å². The van der Waals surface area contributed by atoms with E-state index in [4.69, 9.17) is 5.26 Å². The Morgan fingerprint density at radius 3 is 2.83 bits per heavy atom. The number of benzene rings is 1. The zero-order chi connectivity index (χ0) is 16.4. The van der Waals surface area contributed by atoms with Crippen molar-refractivity contribution >= 4 is 5.69 Å². The normalized spacial score (nSPS) is 14.2. The van der Waals surface area contributed by atoms with E-state index in [1.54, 1.807) is 6.07 Å². The summed E-state index contributed by atoms with van der Waals surface area (Å²) in [6.45, 7) is 1.29. The lowest BCUT2D eigenvalue weighted by Gasteiger charge is -2.12. The molecular formula is C16H15F3N4. The molecule has 0 saturated carbocycles. The van der Waals surface area contributed by atoms with Gasteiger partial charge in [0, 0.05) is 24.8 Å². The summed E-state index contributed by atoms with van der Waals surface area (Å²) >= 11 is 0. The largest absolute Gasteiger partial charge is 0.417 e. The van der Waals surface area contributed by atoms with E-state index in [9.17, 15) is 13.2 Å². The molecule has 120 valence electrons. The van der Waals surface area contributed by atoms with Crippen LogP contribution >= 0.6 is 0 Å². The van der Waals surface area contributed by atoms with Crippen LogP contribution in [0.4, 0.5) is 18.9 Å². The molecule has 0 aliphatic carbocycles. The van der Waals surface area contributed by atoms with Gasteiger partial charge < -0.3 is 9.88 Å². The van der Waals surface area contributed by atoms with Crippen LogP contribution in [-0.2, 0) is 25.7 Å². The smallest absolute Gasteiger partial charge is 0.379 e. The van der Waals surface area contributed by atoms with Crippen molar-refractivity contribution in [3.05, 3.63) is 47.0 Å². The van der Waals surface area contributed by atoms with Crippen molar-refractivity contribution in [2.24, 2.45) is 0 Å². The van der Waals surface area contributed by atoms with Gasteiger partial charge >= 0.3 is 6.18 Å². The maximum Gasteiger partial charge on any atom is 0.417 e. The number of rotatable bonds is 3. The van der Waals surface area contributed by atoms with Crippen molar-refractivity contribution in [1.82, 2.24) is 9.55 Å². The monoisotopic (exact) mass is 320 g/mol. The Balaban J connectivity index is 1.76. The first kappa shape index (κ1) is 15.4. The van der Waals surface area contributed by atoms with Crippen LogP contribution in [-0.4, -0.2) is 9.55 Å². The first-order valence-electron chi connectivity index (χ1n) is 7.37. The number of aromatic nitrogens is 2. The lowest BCUT2D eigenvalue weighted by molar-refractivity contribution is -0.137. The zero-order valence-corrected chi connectivity index (χ0v) is 12.3. The number of nitrogens with one attached hydrogen (secondary N) is 1. The average Bonchev–Trinajstić information content (AvgIpc) is 2.94. The van der Waals surface area contributed by atoms with Gasteiger partial charge in [-0.1, -0.05) is 0 Å². The second-order valence-electron chi connectivity index (χ2n) is 5.52. The topological polar surface area (TPSA) is 53.6 Å². The summed E-state index contributed by atoms with van der Waals surface area (Å²) in [7, 11) is 0. The Kier molecular flexibility index (Phi) is 3.99. The average molecular weight is 320 g/mol. The van der Waals surface area contributed by atoms with Crippen molar-refractivity contribution in [3.8, 4) is 6.07 Å². The maximum absolute atomic E-state index is 12.9. The summed E-state index contributed by atoms with van der Waals surface area (Å²) < 4.78 is 40.9. The van der Waals surface area contributed by atoms with Gasteiger partial charge in [-0.2, -0.15) is 18.4 Å². The molecule has 1 aromatic heterocycles. The van der Waals surface area contributed by atoms with Crippen LogP contribution in [0.15, 0.2) is 24.4 Å². The van der Waals surface area contributed by atoms with Gasteiger partial charge in [0.1, 0.15) is 5.82 Å². The minimum atomic E-state index is -4.55. The van der Waals surface area contributed by atoms with Crippen LogP contribution in [0.1, 0.15) is 35.5 Å². The third-order valence-corrected chi connectivity index (χ3v) is 3.88. The van der Waals surface area contributed by atoms with Crippen molar-refractivity contribution in [1.29, 1.82) is 5.26 Å². The number of aryl methyl sites for hydroxylation is 2. The minimum absolute atomic E-state index is 0.322. The molecule has 1 N–H and O–H groups in total. The lowest BCUT2D eigenvalue weighted by Crippen LogP contribution is -2.09. The SMILES string of the molecule is N#Cc1ccc(NCc2cn3c(n2)CCCC3)cc1C(F)(F)F. The molecule has 0 unspecified atom stereocenters. The van der Waals surface area contributed by atoms with E-state index in [1.165, 1.54) is 12.1 Å². The van der Waals surface area contributed by atoms with E-state index >= 15 is 0 Å². The summed E-state index contributed by atoms with van der Waals surface area (Å²) in [6, 6.07) is 5.20. The molecule has 2 heterocycles. The fourth-order valence-electron chi connectivity index (χ4n) is 2.74. The molecule has 0 saturated heterocycles. The molecule has 0 spiro atoms. The molecule has 0 fully saturated rings. The number of fused-ring (bicyclic) bond motifs is 1. The van der Waals surface area contributed by atoms with E-state index in [1.807, 2.05) is 6.20 Å². The standard InChI is InChI=1S/C16H15F3N4/c17-16(18,19)14-7-12(5-4-11(14)8-20)21-9-13-10-23-6-2-1-3-15(23)22-13/h4-5,7,10,21H,1-3,6,9H2. The number of hydrogen-bond acceptors (Lipinski definition) is 3. The highest BCUT2D eigenvalue weighted by Crippen LogP contribution is 2.33. The molecule has 1 aliphatic heterocycles. The lowest BCUT2D eigenvalue weighted by atomic mass is 10.1. The van der Waals surface area contributed by atoms with Gasteiger partial charge in [-0.05, 0) is 31.0 Å². The molecule has 0 bridgehead atoms. The summed E-state index contributed by atoms with van der Waals surface area (Å²) in [4.78, 5) is 4.50. The highest BCUT2D eigenvalue weighted by Gasteiger charge is 2.33. The number of imidazole rings is 1. The molecule has 0 radical (unpaired) electrons.